The first-order valence-electron chi connectivity index (χ1n) is 5.98. The highest BCUT2D eigenvalue weighted by Crippen LogP contribution is 2.17. The van der Waals surface area contributed by atoms with Crippen LogP contribution in [-0.4, -0.2) is 43.1 Å². The number of sulfonamides is 1. The second-order valence-electron chi connectivity index (χ2n) is 4.53. The highest BCUT2D eigenvalue weighted by Gasteiger charge is 2.31. The van der Waals surface area contributed by atoms with E-state index in [2.05, 4.69) is 5.32 Å². The van der Waals surface area contributed by atoms with Crippen LogP contribution >= 0.6 is 0 Å². The van der Waals surface area contributed by atoms with E-state index in [9.17, 15) is 13.2 Å². The molecule has 6 nitrogen and oxygen atoms in total. The molecule has 1 unspecified atom stereocenters. The van der Waals surface area contributed by atoms with Crippen LogP contribution in [-0.2, 0) is 15.8 Å². The molecule has 104 valence electrons. The number of amides is 1. The van der Waals surface area contributed by atoms with E-state index < -0.39 is 16.1 Å². The normalized spacial score (nSPS) is 20.3. The largest absolute Gasteiger partial charge is 0.465 e. The standard InChI is InChI=1S/C12H16N2O4S/c15-12(16)13-11-6-7-14(8-11)19(17,18)9-10-4-2-1-3-5-10/h1-5,11,13H,6-9H2,(H,15,16). The minimum absolute atomic E-state index is 0.0480. The number of hydrogen-bond donors (Lipinski definition) is 2. The van der Waals surface area contributed by atoms with E-state index in [1.54, 1.807) is 24.3 Å². The average Bonchev–Trinajstić information content (AvgIpc) is 2.78. The number of nitrogens with zero attached hydrogens (tertiary/aromatic N) is 1. The van der Waals surface area contributed by atoms with Gasteiger partial charge in [-0.25, -0.2) is 13.2 Å². The molecular weight excluding hydrogens is 268 g/mol. The molecule has 7 heteroatoms. The summed E-state index contributed by atoms with van der Waals surface area (Å²) in [6, 6.07) is 8.64. The van der Waals surface area contributed by atoms with Crippen molar-refractivity contribution in [2.75, 3.05) is 13.1 Å². The maximum Gasteiger partial charge on any atom is 0.404 e. The first-order chi connectivity index (χ1) is 8.97. The fourth-order valence-corrected chi connectivity index (χ4v) is 3.74. The van der Waals surface area contributed by atoms with Crippen molar-refractivity contribution in [3.8, 4) is 0 Å². The molecule has 0 bridgehead atoms. The molecular formula is C12H16N2O4S. The van der Waals surface area contributed by atoms with E-state index in [4.69, 9.17) is 5.11 Å². The molecule has 0 aliphatic carbocycles. The molecule has 1 aliphatic rings. The molecule has 0 spiro atoms. The van der Waals surface area contributed by atoms with Crippen molar-refractivity contribution in [1.82, 2.24) is 9.62 Å². The average molecular weight is 284 g/mol. The van der Waals surface area contributed by atoms with E-state index in [-0.39, 0.29) is 18.3 Å². The van der Waals surface area contributed by atoms with Crippen molar-refractivity contribution in [2.45, 2.75) is 18.2 Å². The van der Waals surface area contributed by atoms with Gasteiger partial charge in [0, 0.05) is 19.1 Å². The second-order valence-corrected chi connectivity index (χ2v) is 6.50. The molecule has 1 aliphatic heterocycles. The Morgan fingerprint density at radius 1 is 1.37 bits per heavy atom. The Morgan fingerprint density at radius 2 is 2.05 bits per heavy atom. The number of rotatable bonds is 4. The fourth-order valence-electron chi connectivity index (χ4n) is 2.15. The number of hydrogen-bond acceptors (Lipinski definition) is 3. The van der Waals surface area contributed by atoms with Crippen molar-refractivity contribution in [1.29, 1.82) is 0 Å². The quantitative estimate of drug-likeness (QED) is 0.858. The van der Waals surface area contributed by atoms with Crippen LogP contribution in [0.3, 0.4) is 0 Å². The predicted octanol–water partition coefficient (Wildman–Crippen LogP) is 0.858. The molecule has 2 rings (SSSR count). The molecule has 1 atom stereocenters. The number of carbonyl (C=O) groups is 1. The summed E-state index contributed by atoms with van der Waals surface area (Å²) in [6.07, 6.45) is -0.604. The highest BCUT2D eigenvalue weighted by atomic mass is 32.2. The Bertz CT molecular complexity index is 544. The van der Waals surface area contributed by atoms with Crippen molar-refractivity contribution >= 4 is 16.1 Å². The Labute approximate surface area is 112 Å². The molecule has 1 heterocycles. The first kappa shape index (κ1) is 13.8. The van der Waals surface area contributed by atoms with Crippen molar-refractivity contribution < 1.29 is 18.3 Å². The Morgan fingerprint density at radius 3 is 2.68 bits per heavy atom. The van der Waals surface area contributed by atoms with Gasteiger partial charge in [-0.3, -0.25) is 0 Å². The number of nitrogens with one attached hydrogen (secondary N) is 1. The summed E-state index contributed by atoms with van der Waals surface area (Å²) in [7, 11) is -3.38. The van der Waals surface area contributed by atoms with E-state index in [0.717, 1.165) is 5.56 Å². The van der Waals surface area contributed by atoms with E-state index in [1.807, 2.05) is 6.07 Å². The molecule has 0 saturated carbocycles. The third-order valence-corrected chi connectivity index (χ3v) is 4.88. The number of carboxylic acid groups (broad SMARTS) is 1. The minimum Gasteiger partial charge on any atom is -0.465 e. The Hall–Kier alpha value is -1.60. The van der Waals surface area contributed by atoms with Crippen molar-refractivity contribution in [3.63, 3.8) is 0 Å². The summed E-state index contributed by atoms with van der Waals surface area (Å²) < 4.78 is 25.7. The van der Waals surface area contributed by atoms with Crippen LogP contribution in [0.15, 0.2) is 30.3 Å². The van der Waals surface area contributed by atoms with Gasteiger partial charge in [-0.2, -0.15) is 4.31 Å². The molecule has 19 heavy (non-hydrogen) atoms. The molecule has 1 fully saturated rings. The lowest BCUT2D eigenvalue weighted by molar-refractivity contribution is 0.190. The maximum atomic E-state index is 12.2. The van der Waals surface area contributed by atoms with Crippen LogP contribution < -0.4 is 5.32 Å². The molecule has 1 amide bonds. The number of benzene rings is 1. The fraction of sp³-hybridized carbons (Fsp3) is 0.417. The lowest BCUT2D eigenvalue weighted by Crippen LogP contribution is -2.38. The van der Waals surface area contributed by atoms with E-state index in [0.29, 0.717) is 13.0 Å². The Kier molecular flexibility index (Phi) is 4.06. The maximum absolute atomic E-state index is 12.2. The van der Waals surface area contributed by atoms with Gasteiger partial charge in [-0.15, -0.1) is 0 Å². The van der Waals surface area contributed by atoms with E-state index >= 15 is 0 Å². The summed E-state index contributed by atoms with van der Waals surface area (Å²) in [5, 5.41) is 10.9. The van der Waals surface area contributed by atoms with Gasteiger partial charge >= 0.3 is 6.09 Å². The first-order valence-corrected chi connectivity index (χ1v) is 7.59. The monoisotopic (exact) mass is 284 g/mol. The molecule has 0 aromatic heterocycles. The zero-order chi connectivity index (χ0) is 13.9. The zero-order valence-electron chi connectivity index (χ0n) is 10.3. The third-order valence-electron chi connectivity index (χ3n) is 3.06. The van der Waals surface area contributed by atoms with Crippen molar-refractivity contribution in [3.05, 3.63) is 35.9 Å². The predicted molar refractivity (Wildman–Crippen MR) is 70.2 cm³/mol. The van der Waals surface area contributed by atoms with Gasteiger partial charge in [0.05, 0.1) is 5.75 Å². The van der Waals surface area contributed by atoms with Crippen molar-refractivity contribution in [2.24, 2.45) is 0 Å². The SMILES string of the molecule is O=C(O)NC1CCN(S(=O)(=O)Cc2ccccc2)C1. The molecule has 0 radical (unpaired) electrons. The summed E-state index contributed by atoms with van der Waals surface area (Å²) in [4.78, 5) is 10.5. The lowest BCUT2D eigenvalue weighted by atomic mass is 10.2. The summed E-state index contributed by atoms with van der Waals surface area (Å²) >= 11 is 0. The second kappa shape index (κ2) is 5.58. The van der Waals surface area contributed by atoms with E-state index in [1.165, 1.54) is 4.31 Å². The van der Waals surface area contributed by atoms with Crippen LogP contribution in [0.25, 0.3) is 0 Å². The molecule has 1 saturated heterocycles. The van der Waals surface area contributed by atoms with Gasteiger partial charge < -0.3 is 10.4 Å². The molecule has 1 aromatic rings. The van der Waals surface area contributed by atoms with Crippen LogP contribution in [0.5, 0.6) is 0 Å². The molecule has 1 aromatic carbocycles. The smallest absolute Gasteiger partial charge is 0.404 e. The van der Waals surface area contributed by atoms with Gasteiger partial charge in [-0.1, -0.05) is 30.3 Å². The highest BCUT2D eigenvalue weighted by molar-refractivity contribution is 7.88. The van der Waals surface area contributed by atoms with Gasteiger partial charge in [0.1, 0.15) is 0 Å². The van der Waals surface area contributed by atoms with Gasteiger partial charge in [0.2, 0.25) is 10.0 Å². The van der Waals surface area contributed by atoms with Crippen LogP contribution in [0.2, 0.25) is 0 Å². The van der Waals surface area contributed by atoms with Gasteiger partial charge in [0.25, 0.3) is 0 Å². The molecule has 2 N–H and O–H groups in total. The zero-order valence-corrected chi connectivity index (χ0v) is 11.1. The van der Waals surface area contributed by atoms with Gasteiger partial charge in [-0.05, 0) is 12.0 Å². The van der Waals surface area contributed by atoms with Gasteiger partial charge in [0.15, 0.2) is 0 Å². The summed E-state index contributed by atoms with van der Waals surface area (Å²) in [5.41, 5.74) is 0.733. The van der Waals surface area contributed by atoms with Crippen LogP contribution in [0.4, 0.5) is 4.79 Å². The summed E-state index contributed by atoms with van der Waals surface area (Å²) in [6.45, 7) is 0.571. The topological polar surface area (TPSA) is 86.7 Å². The van der Waals surface area contributed by atoms with Crippen LogP contribution in [0.1, 0.15) is 12.0 Å². The third kappa shape index (κ3) is 3.68. The Balaban J connectivity index is 2.00. The summed E-state index contributed by atoms with van der Waals surface area (Å²) in [5.74, 6) is -0.0480. The van der Waals surface area contributed by atoms with Crippen LogP contribution in [0, 0.1) is 0 Å². The lowest BCUT2D eigenvalue weighted by Gasteiger charge is -2.16. The minimum atomic E-state index is -3.38.